The van der Waals surface area contributed by atoms with Crippen molar-refractivity contribution in [1.82, 2.24) is 5.32 Å². The molecule has 1 amide bonds. The van der Waals surface area contributed by atoms with Crippen molar-refractivity contribution in [3.8, 4) is 5.75 Å². The van der Waals surface area contributed by atoms with Crippen LogP contribution in [0, 0.1) is 0 Å². The van der Waals surface area contributed by atoms with Gasteiger partial charge in [0, 0.05) is 12.1 Å². The number of hydrogen-bond donors (Lipinski definition) is 1. The zero-order chi connectivity index (χ0) is 21.7. The summed E-state index contributed by atoms with van der Waals surface area (Å²) >= 11 is 0. The number of carbonyl (C=O) groups excluding carboxylic acids is 1. The summed E-state index contributed by atoms with van der Waals surface area (Å²) < 4.78 is 5.69. The van der Waals surface area contributed by atoms with Gasteiger partial charge in [-0.1, -0.05) is 110 Å². The minimum absolute atomic E-state index is 0.00522. The quantitative estimate of drug-likeness (QED) is 0.218. The molecule has 1 aromatic rings. The molecule has 0 saturated carbocycles. The Kier molecular flexibility index (Phi) is 17.2. The van der Waals surface area contributed by atoms with Crippen molar-refractivity contribution in [3.05, 3.63) is 29.8 Å². The molecule has 3 heteroatoms. The number of rotatable bonds is 20. The number of benzene rings is 1. The first-order valence-electron chi connectivity index (χ1n) is 12.8. The number of nitrogens with one attached hydrogen (secondary N) is 1. The summed E-state index contributed by atoms with van der Waals surface area (Å²) in [5.74, 6) is 0.790. The molecule has 0 aliphatic rings. The third kappa shape index (κ3) is 14.5. The van der Waals surface area contributed by atoms with Gasteiger partial charge in [0.2, 0.25) is 0 Å². The van der Waals surface area contributed by atoms with E-state index in [0.717, 1.165) is 31.6 Å². The summed E-state index contributed by atoms with van der Waals surface area (Å²) in [5.41, 5.74) is 0.689. The van der Waals surface area contributed by atoms with Gasteiger partial charge in [0.05, 0.1) is 6.61 Å². The highest BCUT2D eigenvalue weighted by atomic mass is 16.5. The maximum atomic E-state index is 12.3. The van der Waals surface area contributed by atoms with Gasteiger partial charge in [-0.15, -0.1) is 0 Å². The Bertz CT molecular complexity index is 529. The number of hydrogen-bond acceptors (Lipinski definition) is 2. The highest BCUT2D eigenvalue weighted by Gasteiger charge is 2.06. The largest absolute Gasteiger partial charge is 0.494 e. The van der Waals surface area contributed by atoms with E-state index in [1.807, 2.05) is 24.3 Å². The molecule has 0 fully saturated rings. The van der Waals surface area contributed by atoms with Crippen LogP contribution < -0.4 is 10.1 Å². The van der Waals surface area contributed by atoms with Crippen molar-refractivity contribution in [2.75, 3.05) is 13.2 Å². The Labute approximate surface area is 186 Å². The van der Waals surface area contributed by atoms with Gasteiger partial charge >= 0.3 is 0 Å². The fourth-order valence-corrected chi connectivity index (χ4v) is 3.69. The molecule has 0 aromatic heterocycles. The summed E-state index contributed by atoms with van der Waals surface area (Å²) in [4.78, 5) is 12.3. The van der Waals surface area contributed by atoms with Crippen molar-refractivity contribution in [3.63, 3.8) is 0 Å². The van der Waals surface area contributed by atoms with E-state index in [4.69, 9.17) is 4.74 Å². The van der Waals surface area contributed by atoms with Crippen LogP contribution in [0.4, 0.5) is 0 Å². The predicted molar refractivity (Wildman–Crippen MR) is 129 cm³/mol. The zero-order valence-electron chi connectivity index (χ0n) is 19.9. The number of unbranched alkanes of at least 4 members (excludes halogenated alkanes) is 14. The number of ether oxygens (including phenoxy) is 1. The van der Waals surface area contributed by atoms with Crippen molar-refractivity contribution in [1.29, 1.82) is 0 Å². The molecule has 172 valence electrons. The van der Waals surface area contributed by atoms with Crippen LogP contribution in [-0.2, 0) is 0 Å². The van der Waals surface area contributed by atoms with Gasteiger partial charge in [0.15, 0.2) is 0 Å². The monoisotopic (exact) mass is 417 g/mol. The molecule has 0 aliphatic heterocycles. The second-order valence-corrected chi connectivity index (χ2v) is 8.58. The fourth-order valence-electron chi connectivity index (χ4n) is 3.69. The molecule has 1 rings (SSSR count). The SMILES string of the molecule is CCCCCCCCCCCCCCCCNC(=O)c1cccc(OCCCC)c1. The van der Waals surface area contributed by atoms with E-state index in [1.165, 1.54) is 83.5 Å². The first-order valence-corrected chi connectivity index (χ1v) is 12.8. The second kappa shape index (κ2) is 19.5. The lowest BCUT2D eigenvalue weighted by molar-refractivity contribution is 0.0952. The third-order valence-corrected chi connectivity index (χ3v) is 5.68. The molecule has 0 bridgehead atoms. The third-order valence-electron chi connectivity index (χ3n) is 5.68. The van der Waals surface area contributed by atoms with Crippen molar-refractivity contribution in [2.24, 2.45) is 0 Å². The summed E-state index contributed by atoms with van der Waals surface area (Å²) in [6.45, 7) is 5.89. The molecule has 0 radical (unpaired) electrons. The van der Waals surface area contributed by atoms with E-state index in [-0.39, 0.29) is 5.91 Å². The van der Waals surface area contributed by atoms with Crippen LogP contribution in [0.25, 0.3) is 0 Å². The van der Waals surface area contributed by atoms with Crippen LogP contribution in [0.3, 0.4) is 0 Å². The Hall–Kier alpha value is -1.51. The van der Waals surface area contributed by atoms with Crippen LogP contribution in [0.1, 0.15) is 127 Å². The lowest BCUT2D eigenvalue weighted by Crippen LogP contribution is -2.24. The molecule has 0 atom stereocenters. The lowest BCUT2D eigenvalue weighted by atomic mass is 10.0. The van der Waals surface area contributed by atoms with Crippen molar-refractivity contribution < 1.29 is 9.53 Å². The minimum Gasteiger partial charge on any atom is -0.494 e. The van der Waals surface area contributed by atoms with Gasteiger partial charge in [-0.05, 0) is 31.0 Å². The standard InChI is InChI=1S/C27H47NO2/c1-3-5-7-8-9-10-11-12-13-14-15-16-17-18-22-28-27(29)25-20-19-21-26(24-25)30-23-6-4-2/h19-21,24H,3-18,22-23H2,1-2H3,(H,28,29). The zero-order valence-corrected chi connectivity index (χ0v) is 19.9. The Morgan fingerprint density at radius 1 is 0.733 bits per heavy atom. The van der Waals surface area contributed by atoms with Crippen LogP contribution in [0.5, 0.6) is 5.75 Å². The van der Waals surface area contributed by atoms with E-state index in [2.05, 4.69) is 19.2 Å². The van der Waals surface area contributed by atoms with Gasteiger partial charge in [-0.2, -0.15) is 0 Å². The van der Waals surface area contributed by atoms with Gasteiger partial charge in [-0.25, -0.2) is 0 Å². The fraction of sp³-hybridized carbons (Fsp3) is 0.741. The van der Waals surface area contributed by atoms with Gasteiger partial charge in [0.1, 0.15) is 5.75 Å². The lowest BCUT2D eigenvalue weighted by Gasteiger charge is -2.08. The molecular weight excluding hydrogens is 370 g/mol. The smallest absolute Gasteiger partial charge is 0.251 e. The second-order valence-electron chi connectivity index (χ2n) is 8.58. The van der Waals surface area contributed by atoms with E-state index < -0.39 is 0 Å². The molecule has 0 unspecified atom stereocenters. The van der Waals surface area contributed by atoms with E-state index in [9.17, 15) is 4.79 Å². The molecule has 0 spiro atoms. The summed E-state index contributed by atoms with van der Waals surface area (Å²) in [6.07, 6.45) is 21.1. The average Bonchev–Trinajstić information content (AvgIpc) is 2.76. The van der Waals surface area contributed by atoms with Crippen LogP contribution in [0.2, 0.25) is 0 Å². The Morgan fingerprint density at radius 2 is 1.27 bits per heavy atom. The van der Waals surface area contributed by atoms with Gasteiger partial charge < -0.3 is 10.1 Å². The number of amides is 1. The summed E-state index contributed by atoms with van der Waals surface area (Å²) in [5, 5.41) is 3.04. The van der Waals surface area contributed by atoms with E-state index in [0.29, 0.717) is 12.2 Å². The van der Waals surface area contributed by atoms with Crippen molar-refractivity contribution in [2.45, 2.75) is 117 Å². The Morgan fingerprint density at radius 3 is 1.83 bits per heavy atom. The molecule has 0 saturated heterocycles. The van der Waals surface area contributed by atoms with Gasteiger partial charge in [0.25, 0.3) is 5.91 Å². The molecule has 0 heterocycles. The average molecular weight is 418 g/mol. The summed E-state index contributed by atoms with van der Waals surface area (Å²) in [6, 6.07) is 7.51. The first-order chi connectivity index (χ1) is 14.8. The minimum atomic E-state index is 0.00522. The first kappa shape index (κ1) is 26.5. The van der Waals surface area contributed by atoms with Crippen LogP contribution in [-0.4, -0.2) is 19.1 Å². The molecular formula is C27H47NO2. The molecule has 3 nitrogen and oxygen atoms in total. The number of carbonyl (C=O) groups is 1. The normalized spacial score (nSPS) is 10.9. The Balaban J connectivity index is 1.94. The van der Waals surface area contributed by atoms with E-state index >= 15 is 0 Å². The van der Waals surface area contributed by atoms with E-state index in [1.54, 1.807) is 0 Å². The van der Waals surface area contributed by atoms with Crippen LogP contribution in [0.15, 0.2) is 24.3 Å². The highest BCUT2D eigenvalue weighted by molar-refractivity contribution is 5.94. The van der Waals surface area contributed by atoms with Crippen molar-refractivity contribution >= 4 is 5.91 Å². The molecule has 1 N–H and O–H groups in total. The topological polar surface area (TPSA) is 38.3 Å². The van der Waals surface area contributed by atoms with Gasteiger partial charge in [-0.3, -0.25) is 4.79 Å². The van der Waals surface area contributed by atoms with Crippen LogP contribution >= 0.6 is 0 Å². The summed E-state index contributed by atoms with van der Waals surface area (Å²) in [7, 11) is 0. The molecule has 1 aromatic carbocycles. The predicted octanol–water partition coefficient (Wildman–Crippen LogP) is 8.08. The maximum absolute atomic E-state index is 12.3. The molecule has 0 aliphatic carbocycles. The maximum Gasteiger partial charge on any atom is 0.251 e. The molecule has 30 heavy (non-hydrogen) atoms. The highest BCUT2D eigenvalue weighted by Crippen LogP contribution is 2.15.